The van der Waals surface area contributed by atoms with E-state index in [0.717, 1.165) is 6.54 Å². The molecule has 0 aliphatic rings. The van der Waals surface area contributed by atoms with Gasteiger partial charge in [-0.1, -0.05) is 27.7 Å². The van der Waals surface area contributed by atoms with Crippen LogP contribution in [0.1, 0.15) is 34.6 Å². The lowest BCUT2D eigenvalue weighted by molar-refractivity contribution is -0.131. The Morgan fingerprint density at radius 3 is 2.17 bits per heavy atom. The van der Waals surface area contributed by atoms with Crippen molar-refractivity contribution in [2.75, 3.05) is 19.6 Å². The van der Waals surface area contributed by atoms with E-state index in [1.54, 1.807) is 0 Å². The zero-order valence-electron chi connectivity index (χ0n) is 11.9. The summed E-state index contributed by atoms with van der Waals surface area (Å²) in [7, 11) is 0. The molecule has 0 aromatic carbocycles. The quantitative estimate of drug-likeness (QED) is 0.670. The van der Waals surface area contributed by atoms with E-state index in [1.165, 1.54) is 0 Å². The van der Waals surface area contributed by atoms with E-state index >= 15 is 0 Å². The molecule has 0 saturated carbocycles. The first-order valence-corrected chi connectivity index (χ1v) is 6.05. The average molecular weight is 280 g/mol. The second kappa shape index (κ2) is 9.16. The lowest BCUT2D eigenvalue weighted by Gasteiger charge is -2.18. The zero-order valence-corrected chi connectivity index (χ0v) is 12.7. The summed E-state index contributed by atoms with van der Waals surface area (Å²) in [5.41, 5.74) is -0.461. The van der Waals surface area contributed by atoms with Crippen LogP contribution in [-0.2, 0) is 9.59 Å². The molecule has 0 unspecified atom stereocenters. The fraction of sp³-hybridized carbons (Fsp3) is 0.833. The van der Waals surface area contributed by atoms with Gasteiger partial charge >= 0.3 is 0 Å². The molecule has 5 nitrogen and oxygen atoms in total. The highest BCUT2D eigenvalue weighted by molar-refractivity contribution is 5.87. The topological polar surface area (TPSA) is 70.2 Å². The third kappa shape index (κ3) is 9.24. The number of amides is 2. The number of hydrogen-bond acceptors (Lipinski definition) is 3. The number of halogens is 1. The van der Waals surface area contributed by atoms with Crippen LogP contribution < -0.4 is 16.0 Å². The van der Waals surface area contributed by atoms with Crippen LogP contribution >= 0.6 is 12.4 Å². The van der Waals surface area contributed by atoms with Crippen molar-refractivity contribution in [1.29, 1.82) is 0 Å². The maximum atomic E-state index is 11.5. The van der Waals surface area contributed by atoms with Gasteiger partial charge in [0.2, 0.25) is 11.8 Å². The van der Waals surface area contributed by atoms with E-state index in [1.807, 2.05) is 34.6 Å². The summed E-state index contributed by atoms with van der Waals surface area (Å²) in [5.74, 6) is -0.278. The van der Waals surface area contributed by atoms with E-state index in [2.05, 4.69) is 16.0 Å². The highest BCUT2D eigenvalue weighted by atomic mass is 35.5. The van der Waals surface area contributed by atoms with E-state index in [4.69, 9.17) is 0 Å². The molecule has 0 aliphatic carbocycles. The molecular weight excluding hydrogens is 254 g/mol. The van der Waals surface area contributed by atoms with Crippen LogP contribution in [0.2, 0.25) is 0 Å². The predicted molar refractivity (Wildman–Crippen MR) is 75.9 cm³/mol. The normalized spacial score (nSPS) is 12.3. The molecular formula is C12H26ClN3O2. The Kier molecular flexibility index (Phi) is 9.94. The van der Waals surface area contributed by atoms with Crippen molar-refractivity contribution in [3.8, 4) is 0 Å². The molecule has 2 amide bonds. The predicted octanol–water partition coefficient (Wildman–Crippen LogP) is 0.685. The standard InChI is InChI=1S/C12H25N3O2.ClH/c1-6-13-9(2)7-14-10(16)8-15-11(17)12(3,4)5;/h9,13H,6-8H2,1-5H3,(H,14,16)(H,15,17);1H/t9-;/m1./s1. The Morgan fingerprint density at radius 1 is 1.17 bits per heavy atom. The molecule has 0 heterocycles. The van der Waals surface area contributed by atoms with Crippen molar-refractivity contribution in [1.82, 2.24) is 16.0 Å². The van der Waals surface area contributed by atoms with Crippen LogP contribution in [-0.4, -0.2) is 37.5 Å². The van der Waals surface area contributed by atoms with Gasteiger partial charge in [-0.25, -0.2) is 0 Å². The van der Waals surface area contributed by atoms with Gasteiger partial charge in [0.1, 0.15) is 0 Å². The Balaban J connectivity index is 0. The summed E-state index contributed by atoms with van der Waals surface area (Å²) in [6, 6.07) is 0.238. The van der Waals surface area contributed by atoms with Gasteiger partial charge < -0.3 is 16.0 Å². The minimum Gasteiger partial charge on any atom is -0.353 e. The summed E-state index contributed by atoms with van der Waals surface area (Å²) in [6.45, 7) is 10.9. The summed E-state index contributed by atoms with van der Waals surface area (Å²) in [5, 5.41) is 8.55. The first kappa shape index (κ1) is 19.5. The molecule has 0 rings (SSSR count). The van der Waals surface area contributed by atoms with Crippen molar-refractivity contribution in [3.05, 3.63) is 0 Å². The molecule has 6 heteroatoms. The number of carbonyl (C=O) groups is 2. The smallest absolute Gasteiger partial charge is 0.239 e. The Bertz CT molecular complexity index is 265. The Morgan fingerprint density at radius 2 is 1.72 bits per heavy atom. The molecule has 3 N–H and O–H groups in total. The average Bonchev–Trinajstić information content (AvgIpc) is 2.22. The molecule has 0 aromatic rings. The van der Waals surface area contributed by atoms with Crippen LogP contribution in [0.4, 0.5) is 0 Å². The summed E-state index contributed by atoms with van der Waals surface area (Å²) in [6.07, 6.45) is 0. The van der Waals surface area contributed by atoms with E-state index in [0.29, 0.717) is 6.54 Å². The van der Waals surface area contributed by atoms with Crippen molar-refractivity contribution < 1.29 is 9.59 Å². The second-order valence-corrected chi connectivity index (χ2v) is 5.20. The van der Waals surface area contributed by atoms with Crippen LogP contribution in [0.3, 0.4) is 0 Å². The maximum absolute atomic E-state index is 11.5. The van der Waals surface area contributed by atoms with Gasteiger partial charge in [-0.15, -0.1) is 12.4 Å². The molecule has 108 valence electrons. The number of hydrogen-bond donors (Lipinski definition) is 3. The fourth-order valence-corrected chi connectivity index (χ4v) is 1.18. The first-order chi connectivity index (χ1) is 7.77. The number of likely N-dealkylation sites (N-methyl/N-ethyl adjacent to an activating group) is 1. The second-order valence-electron chi connectivity index (χ2n) is 5.20. The number of carbonyl (C=O) groups excluding carboxylic acids is 2. The van der Waals surface area contributed by atoms with Gasteiger partial charge in [-0.3, -0.25) is 9.59 Å². The molecule has 0 saturated heterocycles. The Labute approximate surface area is 116 Å². The molecule has 18 heavy (non-hydrogen) atoms. The zero-order chi connectivity index (χ0) is 13.5. The molecule has 0 fully saturated rings. The monoisotopic (exact) mass is 279 g/mol. The van der Waals surface area contributed by atoms with Crippen molar-refractivity contribution >= 4 is 24.2 Å². The number of rotatable bonds is 6. The van der Waals surface area contributed by atoms with E-state index in [-0.39, 0.29) is 36.8 Å². The van der Waals surface area contributed by atoms with Gasteiger partial charge in [0.15, 0.2) is 0 Å². The van der Waals surface area contributed by atoms with E-state index < -0.39 is 5.41 Å². The largest absolute Gasteiger partial charge is 0.353 e. The lowest BCUT2D eigenvalue weighted by atomic mass is 9.96. The Hall–Kier alpha value is -0.810. The SMILES string of the molecule is CCN[C@H](C)CNC(=O)CNC(=O)C(C)(C)C.Cl. The van der Waals surface area contributed by atoms with Crippen LogP contribution in [0.25, 0.3) is 0 Å². The molecule has 1 atom stereocenters. The fourth-order valence-electron chi connectivity index (χ4n) is 1.18. The van der Waals surface area contributed by atoms with Crippen LogP contribution in [0, 0.1) is 5.41 Å². The lowest BCUT2D eigenvalue weighted by Crippen LogP contribution is -2.45. The summed E-state index contributed by atoms with van der Waals surface area (Å²) in [4.78, 5) is 22.9. The third-order valence-corrected chi connectivity index (χ3v) is 2.25. The third-order valence-electron chi connectivity index (χ3n) is 2.25. The highest BCUT2D eigenvalue weighted by Crippen LogP contribution is 2.11. The molecule has 0 aromatic heterocycles. The van der Waals surface area contributed by atoms with Crippen molar-refractivity contribution in [2.45, 2.75) is 40.7 Å². The van der Waals surface area contributed by atoms with Gasteiger partial charge in [-0.2, -0.15) is 0 Å². The molecule has 0 radical (unpaired) electrons. The van der Waals surface area contributed by atoms with E-state index in [9.17, 15) is 9.59 Å². The molecule has 0 aliphatic heterocycles. The first-order valence-electron chi connectivity index (χ1n) is 6.05. The van der Waals surface area contributed by atoms with Gasteiger partial charge in [-0.05, 0) is 13.5 Å². The molecule has 0 bridgehead atoms. The number of nitrogens with one attached hydrogen (secondary N) is 3. The van der Waals surface area contributed by atoms with Crippen LogP contribution in [0.15, 0.2) is 0 Å². The summed E-state index contributed by atoms with van der Waals surface area (Å²) >= 11 is 0. The van der Waals surface area contributed by atoms with Gasteiger partial charge in [0.05, 0.1) is 6.54 Å². The van der Waals surface area contributed by atoms with Gasteiger partial charge in [0, 0.05) is 18.0 Å². The maximum Gasteiger partial charge on any atom is 0.239 e. The van der Waals surface area contributed by atoms with Crippen molar-refractivity contribution in [2.24, 2.45) is 5.41 Å². The minimum atomic E-state index is -0.461. The van der Waals surface area contributed by atoms with Crippen molar-refractivity contribution in [3.63, 3.8) is 0 Å². The van der Waals surface area contributed by atoms with Gasteiger partial charge in [0.25, 0.3) is 0 Å². The van der Waals surface area contributed by atoms with Crippen LogP contribution in [0.5, 0.6) is 0 Å². The minimum absolute atomic E-state index is 0. The summed E-state index contributed by atoms with van der Waals surface area (Å²) < 4.78 is 0. The highest BCUT2D eigenvalue weighted by Gasteiger charge is 2.21. The molecule has 0 spiro atoms.